The van der Waals surface area contributed by atoms with Gasteiger partial charge in [-0.25, -0.2) is 4.79 Å². The number of aryl methyl sites for hydroxylation is 1. The molecule has 132 valence electrons. The number of likely N-dealkylation sites (tertiary alicyclic amines) is 1. The number of hydrogen-bond donors (Lipinski definition) is 0. The molecule has 5 heteroatoms. The molecule has 1 aliphatic heterocycles. The Kier molecular flexibility index (Phi) is 5.66. The van der Waals surface area contributed by atoms with Crippen LogP contribution in [0.4, 0.5) is 0 Å². The molecule has 1 atom stereocenters. The molecule has 0 spiro atoms. The summed E-state index contributed by atoms with van der Waals surface area (Å²) in [5.74, 6) is -0.333. The zero-order chi connectivity index (χ0) is 17.6. The van der Waals surface area contributed by atoms with Crippen LogP contribution >= 0.6 is 0 Å². The molecule has 1 aliphatic rings. The van der Waals surface area contributed by atoms with Crippen LogP contribution in [0.25, 0.3) is 6.08 Å². The maximum absolute atomic E-state index is 11.2. The van der Waals surface area contributed by atoms with Crippen LogP contribution in [0.5, 0.6) is 0 Å². The molecule has 25 heavy (non-hydrogen) atoms. The van der Waals surface area contributed by atoms with E-state index in [1.54, 1.807) is 6.08 Å². The number of ether oxygens (including phenoxy) is 1. The molecule has 2 heterocycles. The van der Waals surface area contributed by atoms with Gasteiger partial charge in [0.1, 0.15) is 0 Å². The van der Waals surface area contributed by atoms with Crippen LogP contribution in [-0.2, 0) is 16.1 Å². The summed E-state index contributed by atoms with van der Waals surface area (Å²) in [7, 11) is 1.38. The van der Waals surface area contributed by atoms with Gasteiger partial charge in [0.2, 0.25) is 0 Å². The molecule has 2 aromatic rings. The number of methoxy groups -OCH3 is 1. The molecular weight excluding hydrogens is 314 g/mol. The lowest BCUT2D eigenvalue weighted by molar-refractivity contribution is -0.134. The number of esters is 1. The summed E-state index contributed by atoms with van der Waals surface area (Å²) in [5, 5.41) is 4.47. The largest absolute Gasteiger partial charge is 0.466 e. The second-order valence-electron chi connectivity index (χ2n) is 6.44. The Morgan fingerprint density at radius 2 is 2.08 bits per heavy atom. The number of benzene rings is 1. The molecule has 3 rings (SSSR count). The van der Waals surface area contributed by atoms with Gasteiger partial charge in [0.05, 0.1) is 19.3 Å². The van der Waals surface area contributed by atoms with Crippen molar-refractivity contribution in [3.8, 4) is 0 Å². The summed E-state index contributed by atoms with van der Waals surface area (Å²) in [6, 6.07) is 11.0. The average molecular weight is 339 g/mol. The van der Waals surface area contributed by atoms with Gasteiger partial charge in [-0.3, -0.25) is 9.58 Å². The van der Waals surface area contributed by atoms with Crippen LogP contribution in [0, 0.1) is 6.92 Å². The van der Waals surface area contributed by atoms with Crippen molar-refractivity contribution < 1.29 is 9.53 Å². The van der Waals surface area contributed by atoms with Crippen LogP contribution < -0.4 is 0 Å². The second kappa shape index (κ2) is 8.12. The van der Waals surface area contributed by atoms with Crippen molar-refractivity contribution in [1.82, 2.24) is 14.7 Å². The fourth-order valence-corrected chi connectivity index (χ4v) is 3.35. The minimum Gasteiger partial charge on any atom is -0.466 e. The molecule has 1 aromatic heterocycles. The SMILES string of the molecule is COC(=O)/C=C/c1ccc(C2CCCN2CCn2ccc(C)n2)cc1. The Morgan fingerprint density at radius 3 is 2.76 bits per heavy atom. The number of hydrogen-bond acceptors (Lipinski definition) is 4. The number of carbonyl (C=O) groups excluding carboxylic acids is 1. The number of rotatable bonds is 6. The zero-order valence-corrected chi connectivity index (χ0v) is 14.9. The van der Waals surface area contributed by atoms with E-state index < -0.39 is 0 Å². The average Bonchev–Trinajstić information content (AvgIpc) is 3.27. The van der Waals surface area contributed by atoms with E-state index in [-0.39, 0.29) is 5.97 Å². The van der Waals surface area contributed by atoms with E-state index in [0.717, 1.165) is 30.9 Å². The standard InChI is InChI=1S/C20H25N3O2/c1-16-11-13-23(21-16)15-14-22-12-3-4-19(22)18-8-5-17(6-9-18)7-10-20(24)25-2/h5-11,13,19H,3-4,12,14-15H2,1-2H3/b10-7+. The molecule has 1 aromatic carbocycles. The molecule has 0 bridgehead atoms. The van der Waals surface area contributed by atoms with Crippen LogP contribution in [-0.4, -0.2) is 40.8 Å². The molecule has 0 N–H and O–H groups in total. The lowest BCUT2D eigenvalue weighted by Crippen LogP contribution is -2.27. The summed E-state index contributed by atoms with van der Waals surface area (Å²) < 4.78 is 6.64. The van der Waals surface area contributed by atoms with Crippen molar-refractivity contribution in [2.45, 2.75) is 32.4 Å². The van der Waals surface area contributed by atoms with E-state index in [1.165, 1.54) is 31.6 Å². The molecular formula is C20H25N3O2. The summed E-state index contributed by atoms with van der Waals surface area (Å²) in [4.78, 5) is 13.7. The highest BCUT2D eigenvalue weighted by atomic mass is 16.5. The summed E-state index contributed by atoms with van der Waals surface area (Å²) in [6.07, 6.45) is 7.69. The van der Waals surface area contributed by atoms with E-state index >= 15 is 0 Å². The van der Waals surface area contributed by atoms with Gasteiger partial charge >= 0.3 is 5.97 Å². The topological polar surface area (TPSA) is 47.4 Å². The Balaban J connectivity index is 1.61. The number of nitrogens with zero attached hydrogens (tertiary/aromatic N) is 3. The molecule has 0 aliphatic carbocycles. The maximum Gasteiger partial charge on any atom is 0.330 e. The Morgan fingerprint density at radius 1 is 1.28 bits per heavy atom. The minimum atomic E-state index is -0.333. The van der Waals surface area contributed by atoms with Crippen LogP contribution in [0.15, 0.2) is 42.6 Å². The molecule has 0 radical (unpaired) electrons. The second-order valence-corrected chi connectivity index (χ2v) is 6.44. The summed E-state index contributed by atoms with van der Waals surface area (Å²) >= 11 is 0. The molecule has 1 fully saturated rings. The van der Waals surface area contributed by atoms with Crippen molar-refractivity contribution in [3.05, 3.63) is 59.4 Å². The van der Waals surface area contributed by atoms with Gasteiger partial charge in [-0.2, -0.15) is 5.10 Å². The first kappa shape index (κ1) is 17.4. The van der Waals surface area contributed by atoms with Crippen molar-refractivity contribution in [1.29, 1.82) is 0 Å². The van der Waals surface area contributed by atoms with Crippen molar-refractivity contribution >= 4 is 12.0 Å². The molecule has 1 saturated heterocycles. The quantitative estimate of drug-likeness (QED) is 0.599. The molecule has 1 unspecified atom stereocenters. The van der Waals surface area contributed by atoms with Gasteiger partial charge in [0.25, 0.3) is 0 Å². The van der Waals surface area contributed by atoms with Gasteiger partial charge in [-0.05, 0) is 49.6 Å². The van der Waals surface area contributed by atoms with Gasteiger partial charge in [0.15, 0.2) is 0 Å². The fourth-order valence-electron chi connectivity index (χ4n) is 3.35. The molecule has 0 amide bonds. The Labute approximate surface area is 148 Å². The fraction of sp³-hybridized carbons (Fsp3) is 0.400. The first-order valence-corrected chi connectivity index (χ1v) is 8.76. The lowest BCUT2D eigenvalue weighted by atomic mass is 10.0. The van der Waals surface area contributed by atoms with E-state index in [4.69, 9.17) is 0 Å². The van der Waals surface area contributed by atoms with Gasteiger partial charge in [-0.15, -0.1) is 0 Å². The highest BCUT2D eigenvalue weighted by molar-refractivity contribution is 5.86. The van der Waals surface area contributed by atoms with E-state index in [0.29, 0.717) is 6.04 Å². The summed E-state index contributed by atoms with van der Waals surface area (Å²) in [5.41, 5.74) is 3.41. The highest BCUT2D eigenvalue weighted by Gasteiger charge is 2.25. The van der Waals surface area contributed by atoms with Crippen molar-refractivity contribution in [3.63, 3.8) is 0 Å². The molecule has 0 saturated carbocycles. The highest BCUT2D eigenvalue weighted by Crippen LogP contribution is 2.31. The van der Waals surface area contributed by atoms with Crippen LogP contribution in [0.1, 0.15) is 35.7 Å². The third kappa shape index (κ3) is 4.57. The normalized spacial score (nSPS) is 18.1. The zero-order valence-electron chi connectivity index (χ0n) is 14.9. The van der Waals surface area contributed by atoms with E-state index in [2.05, 4.69) is 39.0 Å². The maximum atomic E-state index is 11.2. The monoisotopic (exact) mass is 339 g/mol. The first-order valence-electron chi connectivity index (χ1n) is 8.76. The van der Waals surface area contributed by atoms with Crippen molar-refractivity contribution in [2.24, 2.45) is 0 Å². The summed E-state index contributed by atoms with van der Waals surface area (Å²) in [6.45, 7) is 5.08. The van der Waals surface area contributed by atoms with Crippen LogP contribution in [0.3, 0.4) is 0 Å². The predicted octanol–water partition coefficient (Wildman–Crippen LogP) is 3.21. The predicted molar refractivity (Wildman–Crippen MR) is 98.0 cm³/mol. The Hall–Kier alpha value is -2.40. The third-order valence-corrected chi connectivity index (χ3v) is 4.69. The smallest absolute Gasteiger partial charge is 0.330 e. The molecule has 5 nitrogen and oxygen atoms in total. The van der Waals surface area contributed by atoms with Crippen molar-refractivity contribution in [2.75, 3.05) is 20.2 Å². The van der Waals surface area contributed by atoms with E-state index in [1.807, 2.05) is 23.9 Å². The lowest BCUT2D eigenvalue weighted by Gasteiger charge is -2.24. The first-order chi connectivity index (χ1) is 12.2. The van der Waals surface area contributed by atoms with Gasteiger partial charge in [-0.1, -0.05) is 24.3 Å². The van der Waals surface area contributed by atoms with Crippen LogP contribution in [0.2, 0.25) is 0 Å². The number of carbonyl (C=O) groups is 1. The van der Waals surface area contributed by atoms with Gasteiger partial charge < -0.3 is 4.74 Å². The number of aromatic nitrogens is 2. The Bertz CT molecular complexity index is 734. The third-order valence-electron chi connectivity index (χ3n) is 4.69. The van der Waals surface area contributed by atoms with Gasteiger partial charge in [0, 0.05) is 24.9 Å². The minimum absolute atomic E-state index is 0.333. The van der Waals surface area contributed by atoms with E-state index in [9.17, 15) is 4.79 Å².